The molecule has 0 amide bonds. The van der Waals surface area contributed by atoms with Gasteiger partial charge in [-0.25, -0.2) is 11.6 Å². The van der Waals surface area contributed by atoms with Crippen molar-refractivity contribution in [3.63, 3.8) is 0 Å². The van der Waals surface area contributed by atoms with Crippen LogP contribution in [0.4, 0.5) is 0 Å². The fourth-order valence-electron chi connectivity index (χ4n) is 4.82. The predicted molar refractivity (Wildman–Crippen MR) is 87.2 cm³/mol. The second kappa shape index (κ2) is 4.77. The van der Waals surface area contributed by atoms with Gasteiger partial charge in [0, 0.05) is 29.9 Å². The molecule has 122 valence electrons. The number of hydrogen-bond acceptors (Lipinski definition) is 3. The number of Topliss-reactive ketones (excluding diaryl/α,β-unsaturated/α-hetero) is 1. The molecule has 0 aromatic carbocycles. The van der Waals surface area contributed by atoms with Crippen LogP contribution >= 0.6 is 0 Å². The van der Waals surface area contributed by atoms with Crippen LogP contribution in [-0.2, 0) is 23.7 Å². The molecule has 0 spiro atoms. The van der Waals surface area contributed by atoms with Crippen molar-refractivity contribution < 1.29 is 4.79 Å². The van der Waals surface area contributed by atoms with E-state index in [0.717, 1.165) is 17.7 Å². The normalized spacial score (nSPS) is 31.9. The molecule has 5 nitrogen and oxygen atoms in total. The number of hydrogen-bond donors (Lipinski definition) is 0. The molecule has 3 rings (SSSR count). The lowest BCUT2D eigenvalue weighted by molar-refractivity contribution is -0.137. The first-order valence-electron chi connectivity index (χ1n) is 8.12. The van der Waals surface area contributed by atoms with Crippen molar-refractivity contribution >= 4 is 5.78 Å². The van der Waals surface area contributed by atoms with Gasteiger partial charge in [-0.15, -0.1) is 0 Å². The highest BCUT2D eigenvalue weighted by molar-refractivity contribution is 5.92. The van der Waals surface area contributed by atoms with Crippen molar-refractivity contribution in [1.82, 2.24) is 9.55 Å². The Balaban J connectivity index is 2.27. The SMILES string of the molecule is [C-]#[N+]C1C[C@]2(C)c3nc(C)n(C)c(=O)c3CC[C@H]2C(C)(C)C1=O. The summed E-state index contributed by atoms with van der Waals surface area (Å²) in [5, 5.41) is 0. The van der Waals surface area contributed by atoms with Gasteiger partial charge in [0.2, 0.25) is 5.78 Å². The Hall–Kier alpha value is -1.96. The van der Waals surface area contributed by atoms with Crippen molar-refractivity contribution in [3.8, 4) is 0 Å². The number of fused-ring (bicyclic) bond motifs is 3. The highest BCUT2D eigenvalue weighted by Crippen LogP contribution is 2.55. The zero-order valence-electron chi connectivity index (χ0n) is 14.4. The smallest absolute Gasteiger partial charge is 0.282 e. The van der Waals surface area contributed by atoms with E-state index in [-0.39, 0.29) is 17.3 Å². The van der Waals surface area contributed by atoms with Crippen LogP contribution in [0, 0.1) is 24.8 Å². The Labute approximate surface area is 136 Å². The number of rotatable bonds is 0. The number of carbonyl (C=O) groups is 1. The van der Waals surface area contributed by atoms with E-state index in [9.17, 15) is 9.59 Å². The van der Waals surface area contributed by atoms with Crippen molar-refractivity contribution in [3.05, 3.63) is 38.9 Å². The summed E-state index contributed by atoms with van der Waals surface area (Å²) >= 11 is 0. The second-order valence-electron chi connectivity index (χ2n) is 7.79. The average Bonchev–Trinajstić information content (AvgIpc) is 2.49. The zero-order valence-corrected chi connectivity index (χ0v) is 14.4. The van der Waals surface area contributed by atoms with Gasteiger partial charge in [-0.3, -0.25) is 14.2 Å². The minimum absolute atomic E-state index is 0.0150. The van der Waals surface area contributed by atoms with E-state index in [1.165, 1.54) is 0 Å². The molecule has 1 heterocycles. The summed E-state index contributed by atoms with van der Waals surface area (Å²) in [6, 6.07) is -0.636. The molecule has 1 aromatic heterocycles. The third kappa shape index (κ3) is 1.94. The van der Waals surface area contributed by atoms with Crippen LogP contribution in [0.25, 0.3) is 4.85 Å². The van der Waals surface area contributed by atoms with E-state index in [2.05, 4.69) is 11.8 Å². The lowest BCUT2D eigenvalue weighted by atomic mass is 9.50. The molecule has 0 radical (unpaired) electrons. The van der Waals surface area contributed by atoms with Gasteiger partial charge in [0.05, 0.1) is 5.69 Å². The summed E-state index contributed by atoms with van der Waals surface area (Å²) < 4.78 is 1.59. The van der Waals surface area contributed by atoms with Gasteiger partial charge >= 0.3 is 0 Å². The molecule has 1 saturated carbocycles. The summed E-state index contributed by atoms with van der Waals surface area (Å²) in [7, 11) is 1.75. The predicted octanol–water partition coefficient (Wildman–Crippen LogP) is 2.20. The molecule has 1 aromatic rings. The minimum atomic E-state index is -0.636. The topological polar surface area (TPSA) is 56.3 Å². The van der Waals surface area contributed by atoms with Gasteiger partial charge in [-0.05, 0) is 25.7 Å². The van der Waals surface area contributed by atoms with E-state index in [1.807, 2.05) is 20.8 Å². The Kier molecular flexibility index (Phi) is 3.30. The second-order valence-corrected chi connectivity index (χ2v) is 7.79. The molecule has 0 bridgehead atoms. The first-order chi connectivity index (χ1) is 10.6. The molecular formula is C18H23N3O2. The fourth-order valence-corrected chi connectivity index (χ4v) is 4.82. The standard InChI is InChI=1S/C18H23N3O2/c1-10-20-14-11(16(23)21(10)6)7-8-13-17(2,3)15(22)12(19-5)9-18(13,14)4/h12-13H,7-9H2,1-4,6H3/t12?,13-,18-/m0/s1. The van der Waals surface area contributed by atoms with E-state index in [0.29, 0.717) is 18.7 Å². The molecule has 0 saturated heterocycles. The highest BCUT2D eigenvalue weighted by Gasteiger charge is 2.60. The number of nitrogens with zero attached hydrogens (tertiary/aromatic N) is 3. The van der Waals surface area contributed by atoms with Crippen LogP contribution in [0.5, 0.6) is 0 Å². The first kappa shape index (κ1) is 15.9. The molecule has 3 atom stereocenters. The van der Waals surface area contributed by atoms with Gasteiger partial charge in [-0.1, -0.05) is 20.8 Å². The molecule has 2 aliphatic carbocycles. The lowest BCUT2D eigenvalue weighted by Crippen LogP contribution is -2.58. The third-order valence-electron chi connectivity index (χ3n) is 6.18. The van der Waals surface area contributed by atoms with Crippen LogP contribution in [0.3, 0.4) is 0 Å². The minimum Gasteiger partial charge on any atom is -0.305 e. The van der Waals surface area contributed by atoms with Gasteiger partial charge in [0.1, 0.15) is 5.82 Å². The number of aryl methyl sites for hydroxylation is 1. The Morgan fingerprint density at radius 2 is 1.96 bits per heavy atom. The monoisotopic (exact) mass is 313 g/mol. The molecule has 1 fully saturated rings. The summed E-state index contributed by atoms with van der Waals surface area (Å²) in [4.78, 5) is 33.6. The lowest BCUT2D eigenvalue weighted by Gasteiger charge is -2.52. The summed E-state index contributed by atoms with van der Waals surface area (Å²) in [6.07, 6.45) is 1.93. The molecule has 5 heteroatoms. The molecular weight excluding hydrogens is 290 g/mol. The van der Waals surface area contributed by atoms with Crippen molar-refractivity contribution in [2.45, 2.75) is 58.4 Å². The van der Waals surface area contributed by atoms with Crippen LogP contribution in [0.15, 0.2) is 4.79 Å². The molecule has 1 unspecified atom stereocenters. The maximum atomic E-state index is 12.7. The molecule has 0 aliphatic heterocycles. The van der Waals surface area contributed by atoms with E-state index in [4.69, 9.17) is 11.6 Å². The van der Waals surface area contributed by atoms with Gasteiger partial charge < -0.3 is 4.85 Å². The third-order valence-corrected chi connectivity index (χ3v) is 6.18. The largest absolute Gasteiger partial charge is 0.305 e. The number of carbonyl (C=O) groups excluding carboxylic acids is 1. The van der Waals surface area contributed by atoms with Crippen LogP contribution in [0.1, 0.15) is 50.7 Å². The average molecular weight is 313 g/mol. The first-order valence-corrected chi connectivity index (χ1v) is 8.12. The quantitative estimate of drug-likeness (QED) is 0.690. The fraction of sp³-hybridized carbons (Fsp3) is 0.667. The van der Waals surface area contributed by atoms with E-state index in [1.54, 1.807) is 11.6 Å². The molecule has 23 heavy (non-hydrogen) atoms. The van der Waals surface area contributed by atoms with Gasteiger partial charge in [0.15, 0.2) is 0 Å². The van der Waals surface area contributed by atoms with Gasteiger partial charge in [-0.2, -0.15) is 0 Å². The molecule has 0 N–H and O–H groups in total. The Morgan fingerprint density at radius 3 is 2.57 bits per heavy atom. The Bertz CT molecular complexity index is 800. The van der Waals surface area contributed by atoms with E-state index >= 15 is 0 Å². The van der Waals surface area contributed by atoms with Crippen molar-refractivity contribution in [2.75, 3.05) is 0 Å². The Morgan fingerprint density at radius 1 is 1.30 bits per heavy atom. The van der Waals surface area contributed by atoms with Crippen molar-refractivity contribution in [2.24, 2.45) is 18.4 Å². The van der Waals surface area contributed by atoms with E-state index < -0.39 is 16.9 Å². The van der Waals surface area contributed by atoms with Crippen molar-refractivity contribution in [1.29, 1.82) is 0 Å². The zero-order chi connectivity index (χ0) is 17.2. The van der Waals surface area contributed by atoms with Crippen LogP contribution in [0.2, 0.25) is 0 Å². The maximum Gasteiger partial charge on any atom is 0.282 e. The summed E-state index contributed by atoms with van der Waals surface area (Å²) in [6.45, 7) is 15.2. The summed E-state index contributed by atoms with van der Waals surface area (Å²) in [5.41, 5.74) is 0.658. The van der Waals surface area contributed by atoms with Gasteiger partial charge in [0.25, 0.3) is 11.6 Å². The maximum absolute atomic E-state index is 12.7. The number of aromatic nitrogens is 2. The van der Waals surface area contributed by atoms with Crippen LogP contribution in [-0.4, -0.2) is 21.4 Å². The number of ketones is 1. The summed E-state index contributed by atoms with van der Waals surface area (Å²) in [5.74, 6) is 0.843. The highest BCUT2D eigenvalue weighted by atomic mass is 16.1. The molecule has 2 aliphatic rings. The van der Waals surface area contributed by atoms with Crippen LogP contribution < -0.4 is 5.56 Å².